The summed E-state index contributed by atoms with van der Waals surface area (Å²) in [5.74, 6) is 1.84. The van der Waals surface area contributed by atoms with Gasteiger partial charge in [-0.1, -0.05) is 6.07 Å². The van der Waals surface area contributed by atoms with Crippen LogP contribution in [0.4, 0.5) is 0 Å². The van der Waals surface area contributed by atoms with Crippen LogP contribution in [-0.4, -0.2) is 80.1 Å². The van der Waals surface area contributed by atoms with E-state index in [0.717, 1.165) is 63.6 Å². The zero-order valence-electron chi connectivity index (χ0n) is 16.9. The SMILES string of the molecule is COc1ccc(CN2CCN(CC(=O)N3CCCC[C@H]3C)CC2)cc1OC. The Bertz CT molecular complexity index is 629. The number of ether oxygens (including phenoxy) is 2. The van der Waals surface area contributed by atoms with E-state index >= 15 is 0 Å². The van der Waals surface area contributed by atoms with Gasteiger partial charge in [0.15, 0.2) is 11.5 Å². The van der Waals surface area contributed by atoms with Gasteiger partial charge in [-0.2, -0.15) is 0 Å². The van der Waals surface area contributed by atoms with E-state index in [1.807, 2.05) is 12.1 Å². The smallest absolute Gasteiger partial charge is 0.236 e. The molecule has 1 amide bonds. The highest BCUT2D eigenvalue weighted by Gasteiger charge is 2.26. The minimum Gasteiger partial charge on any atom is -0.493 e. The number of benzene rings is 1. The van der Waals surface area contributed by atoms with Gasteiger partial charge < -0.3 is 14.4 Å². The van der Waals surface area contributed by atoms with Gasteiger partial charge in [0, 0.05) is 45.3 Å². The number of piperidine rings is 1. The Labute approximate surface area is 163 Å². The first-order valence-corrected chi connectivity index (χ1v) is 10.1. The monoisotopic (exact) mass is 375 g/mol. The molecule has 0 N–H and O–H groups in total. The number of nitrogens with zero attached hydrogens (tertiary/aromatic N) is 3. The fourth-order valence-electron chi connectivity index (χ4n) is 4.09. The largest absolute Gasteiger partial charge is 0.493 e. The Morgan fingerprint density at radius 1 is 1.00 bits per heavy atom. The third-order valence-corrected chi connectivity index (χ3v) is 5.80. The average molecular weight is 376 g/mol. The van der Waals surface area contributed by atoms with Crippen LogP contribution in [0.3, 0.4) is 0 Å². The van der Waals surface area contributed by atoms with Gasteiger partial charge >= 0.3 is 0 Å². The predicted octanol–water partition coefficient (Wildman–Crippen LogP) is 2.22. The van der Waals surface area contributed by atoms with Crippen LogP contribution in [0, 0.1) is 0 Å². The molecule has 0 unspecified atom stereocenters. The molecule has 0 aliphatic carbocycles. The lowest BCUT2D eigenvalue weighted by Gasteiger charge is -2.38. The maximum absolute atomic E-state index is 12.6. The molecule has 2 aliphatic rings. The number of carbonyl (C=O) groups excluding carboxylic acids is 1. The molecular weight excluding hydrogens is 342 g/mol. The van der Waals surface area contributed by atoms with Crippen molar-refractivity contribution in [3.63, 3.8) is 0 Å². The summed E-state index contributed by atoms with van der Waals surface area (Å²) in [6.07, 6.45) is 3.54. The first-order valence-electron chi connectivity index (χ1n) is 10.1. The van der Waals surface area contributed by atoms with Crippen LogP contribution in [0.25, 0.3) is 0 Å². The molecule has 0 aromatic heterocycles. The molecule has 150 valence electrons. The third kappa shape index (κ3) is 5.14. The highest BCUT2D eigenvalue weighted by atomic mass is 16.5. The number of likely N-dealkylation sites (tertiary alicyclic amines) is 1. The molecule has 3 rings (SSSR count). The summed E-state index contributed by atoms with van der Waals surface area (Å²) in [6.45, 7) is 8.42. The Morgan fingerprint density at radius 3 is 2.37 bits per heavy atom. The maximum Gasteiger partial charge on any atom is 0.236 e. The van der Waals surface area contributed by atoms with Crippen molar-refractivity contribution in [3.8, 4) is 11.5 Å². The molecule has 2 fully saturated rings. The third-order valence-electron chi connectivity index (χ3n) is 5.80. The van der Waals surface area contributed by atoms with Crippen LogP contribution in [0.15, 0.2) is 18.2 Å². The zero-order valence-corrected chi connectivity index (χ0v) is 16.9. The molecule has 0 bridgehead atoms. The summed E-state index contributed by atoms with van der Waals surface area (Å²) in [5.41, 5.74) is 1.22. The second kappa shape index (κ2) is 9.42. The Morgan fingerprint density at radius 2 is 1.70 bits per heavy atom. The van der Waals surface area contributed by atoms with Gasteiger partial charge in [0.1, 0.15) is 0 Å². The van der Waals surface area contributed by atoms with E-state index in [2.05, 4.69) is 27.7 Å². The molecule has 6 heteroatoms. The van der Waals surface area contributed by atoms with E-state index in [-0.39, 0.29) is 0 Å². The van der Waals surface area contributed by atoms with Crippen LogP contribution < -0.4 is 9.47 Å². The van der Waals surface area contributed by atoms with Crippen molar-refractivity contribution in [1.29, 1.82) is 0 Å². The second-order valence-electron chi connectivity index (χ2n) is 7.67. The van der Waals surface area contributed by atoms with Crippen LogP contribution >= 0.6 is 0 Å². The Kier molecular flexibility index (Phi) is 6.96. The van der Waals surface area contributed by atoms with Crippen molar-refractivity contribution in [1.82, 2.24) is 14.7 Å². The first-order chi connectivity index (χ1) is 13.1. The lowest BCUT2D eigenvalue weighted by molar-refractivity contribution is -0.136. The second-order valence-corrected chi connectivity index (χ2v) is 7.67. The Balaban J connectivity index is 1.47. The minimum absolute atomic E-state index is 0.301. The quantitative estimate of drug-likeness (QED) is 0.763. The molecule has 1 atom stereocenters. The van der Waals surface area contributed by atoms with Gasteiger partial charge in [-0.15, -0.1) is 0 Å². The summed E-state index contributed by atoms with van der Waals surface area (Å²) in [7, 11) is 3.32. The van der Waals surface area contributed by atoms with Crippen LogP contribution in [-0.2, 0) is 11.3 Å². The summed E-state index contributed by atoms with van der Waals surface area (Å²) in [5, 5.41) is 0. The van der Waals surface area contributed by atoms with Gasteiger partial charge in [-0.3, -0.25) is 14.6 Å². The van der Waals surface area contributed by atoms with Crippen LogP contribution in [0.1, 0.15) is 31.7 Å². The van der Waals surface area contributed by atoms with Crippen molar-refractivity contribution in [3.05, 3.63) is 23.8 Å². The van der Waals surface area contributed by atoms with Crippen molar-refractivity contribution in [2.24, 2.45) is 0 Å². The Hall–Kier alpha value is -1.79. The van der Waals surface area contributed by atoms with Crippen molar-refractivity contribution >= 4 is 5.91 Å². The lowest BCUT2D eigenvalue weighted by Crippen LogP contribution is -2.51. The molecule has 2 saturated heterocycles. The number of piperazine rings is 1. The molecule has 0 radical (unpaired) electrons. The standard InChI is InChI=1S/C21H33N3O3/c1-17-6-4-5-9-24(17)21(25)16-23-12-10-22(11-13-23)15-18-7-8-19(26-2)20(14-18)27-3/h7-8,14,17H,4-6,9-13,15-16H2,1-3H3/t17-/m1/s1. The molecule has 2 aliphatic heterocycles. The van der Waals surface area contributed by atoms with Gasteiger partial charge in [-0.05, 0) is 43.9 Å². The van der Waals surface area contributed by atoms with E-state index in [1.54, 1.807) is 14.2 Å². The summed E-state index contributed by atoms with van der Waals surface area (Å²) in [4.78, 5) is 19.4. The number of hydrogen-bond acceptors (Lipinski definition) is 5. The van der Waals surface area contributed by atoms with E-state index in [9.17, 15) is 4.79 Å². The minimum atomic E-state index is 0.301. The zero-order chi connectivity index (χ0) is 19.2. The lowest BCUT2D eigenvalue weighted by atomic mass is 10.0. The van der Waals surface area contributed by atoms with Crippen molar-refractivity contribution < 1.29 is 14.3 Å². The highest BCUT2D eigenvalue weighted by Crippen LogP contribution is 2.28. The molecular formula is C21H33N3O3. The molecule has 0 saturated carbocycles. The molecule has 1 aromatic carbocycles. The van der Waals surface area contributed by atoms with Gasteiger partial charge in [0.2, 0.25) is 5.91 Å². The number of hydrogen-bond donors (Lipinski definition) is 0. The summed E-state index contributed by atoms with van der Waals surface area (Å²) in [6, 6.07) is 6.50. The van der Waals surface area contributed by atoms with E-state index in [1.165, 1.54) is 12.0 Å². The summed E-state index contributed by atoms with van der Waals surface area (Å²) >= 11 is 0. The van der Waals surface area contributed by atoms with Crippen LogP contribution in [0.2, 0.25) is 0 Å². The molecule has 0 spiro atoms. The maximum atomic E-state index is 12.6. The fraction of sp³-hybridized carbons (Fsp3) is 0.667. The van der Waals surface area contributed by atoms with Gasteiger partial charge in [0.25, 0.3) is 0 Å². The molecule has 1 aromatic rings. The van der Waals surface area contributed by atoms with Crippen LogP contribution in [0.5, 0.6) is 11.5 Å². The average Bonchev–Trinajstić information content (AvgIpc) is 2.69. The highest BCUT2D eigenvalue weighted by molar-refractivity contribution is 5.78. The van der Waals surface area contributed by atoms with Gasteiger partial charge in [-0.25, -0.2) is 0 Å². The van der Waals surface area contributed by atoms with Gasteiger partial charge in [0.05, 0.1) is 20.8 Å². The molecule has 2 heterocycles. The van der Waals surface area contributed by atoms with Crippen molar-refractivity contribution in [2.45, 2.75) is 38.8 Å². The predicted molar refractivity (Wildman–Crippen MR) is 106 cm³/mol. The molecule has 27 heavy (non-hydrogen) atoms. The molecule has 6 nitrogen and oxygen atoms in total. The number of carbonyl (C=O) groups is 1. The van der Waals surface area contributed by atoms with Crippen molar-refractivity contribution in [2.75, 3.05) is 53.5 Å². The number of rotatable bonds is 6. The normalized spacial score (nSPS) is 21.9. The van der Waals surface area contributed by atoms with E-state index < -0.39 is 0 Å². The first kappa shape index (κ1) is 20.0. The van der Waals surface area contributed by atoms with E-state index in [4.69, 9.17) is 9.47 Å². The fourth-order valence-corrected chi connectivity index (χ4v) is 4.09. The van der Waals surface area contributed by atoms with E-state index in [0.29, 0.717) is 18.5 Å². The number of methoxy groups -OCH3 is 2. The summed E-state index contributed by atoms with van der Waals surface area (Å²) < 4.78 is 10.7. The topological polar surface area (TPSA) is 45.2 Å². The number of amides is 1.